The van der Waals surface area contributed by atoms with Gasteiger partial charge in [-0.2, -0.15) is 15.3 Å². The predicted molar refractivity (Wildman–Crippen MR) is 101 cm³/mol. The van der Waals surface area contributed by atoms with Crippen LogP contribution in [0.3, 0.4) is 0 Å². The van der Waals surface area contributed by atoms with Gasteiger partial charge < -0.3 is 5.32 Å². The average molecular weight is 386 g/mol. The molecule has 11 heteroatoms. The zero-order valence-electron chi connectivity index (χ0n) is 16.2. The number of carbonyl (C=O) groups excluding carboxylic acids is 1. The number of hydrogen-bond acceptors (Lipinski definition) is 6. The van der Waals surface area contributed by atoms with Gasteiger partial charge in [-0.05, 0) is 27.7 Å². The fourth-order valence-electron chi connectivity index (χ4n) is 2.86. The predicted octanol–water partition coefficient (Wildman–Crippen LogP) is 2.07. The number of nitrogens with zero attached hydrogens (tertiary/aromatic N) is 7. The molecule has 0 aliphatic rings. The van der Waals surface area contributed by atoms with Crippen LogP contribution < -0.4 is 5.32 Å². The van der Waals surface area contributed by atoms with Gasteiger partial charge in [0.15, 0.2) is 0 Å². The number of nitrogens with one attached hydrogen (secondary N) is 1. The van der Waals surface area contributed by atoms with Crippen molar-refractivity contribution in [3.8, 4) is 0 Å². The number of aryl methyl sites for hydroxylation is 2. The van der Waals surface area contributed by atoms with Crippen molar-refractivity contribution in [3.05, 3.63) is 51.9 Å². The lowest BCUT2D eigenvalue weighted by Crippen LogP contribution is -2.24. The lowest BCUT2D eigenvalue weighted by molar-refractivity contribution is -0.385. The van der Waals surface area contributed by atoms with Crippen molar-refractivity contribution in [1.82, 2.24) is 29.3 Å². The molecule has 1 N–H and O–H groups in total. The second-order valence-corrected chi connectivity index (χ2v) is 6.50. The molecule has 0 spiro atoms. The number of nitro groups is 1. The lowest BCUT2D eigenvalue weighted by Gasteiger charge is -2.11. The highest BCUT2D eigenvalue weighted by Crippen LogP contribution is 2.19. The Morgan fingerprint density at radius 2 is 2.04 bits per heavy atom. The van der Waals surface area contributed by atoms with Crippen LogP contribution in [-0.2, 0) is 17.9 Å². The second-order valence-electron chi connectivity index (χ2n) is 6.50. The van der Waals surface area contributed by atoms with Gasteiger partial charge in [0.2, 0.25) is 5.91 Å². The lowest BCUT2D eigenvalue weighted by atomic mass is 10.2. The first-order valence-electron chi connectivity index (χ1n) is 8.84. The molecule has 0 saturated carbocycles. The van der Waals surface area contributed by atoms with Gasteiger partial charge in [-0.3, -0.25) is 29.0 Å². The Balaban J connectivity index is 1.67. The molecule has 1 unspecified atom stereocenters. The summed E-state index contributed by atoms with van der Waals surface area (Å²) in [4.78, 5) is 22.9. The van der Waals surface area contributed by atoms with Crippen molar-refractivity contribution in [2.24, 2.45) is 0 Å². The van der Waals surface area contributed by atoms with Crippen LogP contribution in [0.2, 0.25) is 0 Å². The summed E-state index contributed by atoms with van der Waals surface area (Å²) in [5.41, 5.74) is 2.81. The summed E-state index contributed by atoms with van der Waals surface area (Å²) < 4.78 is 4.91. The van der Waals surface area contributed by atoms with Gasteiger partial charge in [0.25, 0.3) is 0 Å². The Morgan fingerprint density at radius 3 is 2.64 bits per heavy atom. The maximum atomic E-state index is 12.5. The molecule has 11 nitrogen and oxygen atoms in total. The Kier molecular flexibility index (Phi) is 5.25. The number of rotatable bonds is 7. The molecule has 28 heavy (non-hydrogen) atoms. The molecule has 3 aromatic heterocycles. The van der Waals surface area contributed by atoms with Crippen molar-refractivity contribution in [2.75, 3.05) is 5.32 Å². The minimum Gasteiger partial charge on any atom is -0.322 e. The van der Waals surface area contributed by atoms with E-state index < -0.39 is 11.0 Å². The van der Waals surface area contributed by atoms with Crippen molar-refractivity contribution >= 4 is 17.3 Å². The fourth-order valence-corrected chi connectivity index (χ4v) is 2.86. The third kappa shape index (κ3) is 3.77. The van der Waals surface area contributed by atoms with E-state index in [2.05, 4.69) is 20.6 Å². The molecule has 1 atom stereocenters. The van der Waals surface area contributed by atoms with Crippen LogP contribution in [0.25, 0.3) is 0 Å². The molecule has 0 aromatic carbocycles. The summed E-state index contributed by atoms with van der Waals surface area (Å²) in [6, 6.07) is -0.708. The van der Waals surface area contributed by atoms with Crippen LogP contribution in [0.1, 0.15) is 36.8 Å². The highest BCUT2D eigenvalue weighted by Gasteiger charge is 2.22. The van der Waals surface area contributed by atoms with E-state index in [0.29, 0.717) is 12.2 Å². The monoisotopic (exact) mass is 386 g/mol. The summed E-state index contributed by atoms with van der Waals surface area (Å²) >= 11 is 0. The number of carbonyl (C=O) groups is 1. The van der Waals surface area contributed by atoms with Crippen molar-refractivity contribution in [3.63, 3.8) is 0 Å². The van der Waals surface area contributed by atoms with Crippen molar-refractivity contribution < 1.29 is 9.72 Å². The highest BCUT2D eigenvalue weighted by molar-refractivity contribution is 5.93. The van der Waals surface area contributed by atoms with E-state index in [1.807, 2.05) is 24.7 Å². The van der Waals surface area contributed by atoms with E-state index >= 15 is 0 Å². The summed E-state index contributed by atoms with van der Waals surface area (Å²) in [5.74, 6) is -0.341. The van der Waals surface area contributed by atoms with Crippen LogP contribution in [0.15, 0.2) is 24.8 Å². The minimum absolute atomic E-state index is 0.115. The average Bonchev–Trinajstić information content (AvgIpc) is 3.34. The Morgan fingerprint density at radius 1 is 1.29 bits per heavy atom. The van der Waals surface area contributed by atoms with Crippen LogP contribution in [0, 0.1) is 24.0 Å². The molecule has 1 amide bonds. The third-order valence-corrected chi connectivity index (χ3v) is 4.60. The maximum absolute atomic E-state index is 12.5. The first kappa shape index (κ1) is 19.3. The normalized spacial score (nSPS) is 12.1. The van der Waals surface area contributed by atoms with Crippen molar-refractivity contribution in [1.29, 1.82) is 0 Å². The van der Waals surface area contributed by atoms with E-state index in [-0.39, 0.29) is 17.3 Å². The van der Waals surface area contributed by atoms with E-state index in [9.17, 15) is 14.9 Å². The SMILES string of the molecule is CCn1ncc(Cn2cc(NC(=O)C(C)n3cc([N+](=O)[O-])c(C)n3)cn2)c1C. The molecule has 0 bridgehead atoms. The Hall–Kier alpha value is -3.50. The van der Waals surface area contributed by atoms with Gasteiger partial charge in [-0.1, -0.05) is 0 Å². The summed E-state index contributed by atoms with van der Waals surface area (Å²) in [5, 5.41) is 26.4. The largest absolute Gasteiger partial charge is 0.322 e. The molecular formula is C17H22N8O3. The van der Waals surface area contributed by atoms with Gasteiger partial charge in [-0.15, -0.1) is 0 Å². The van der Waals surface area contributed by atoms with Crippen LogP contribution in [-0.4, -0.2) is 40.2 Å². The number of hydrogen-bond donors (Lipinski definition) is 1. The number of anilines is 1. The minimum atomic E-state index is -0.708. The van der Waals surface area contributed by atoms with E-state index in [1.54, 1.807) is 24.0 Å². The molecule has 0 radical (unpaired) electrons. The van der Waals surface area contributed by atoms with E-state index in [0.717, 1.165) is 17.8 Å². The smallest absolute Gasteiger partial charge is 0.309 e. The van der Waals surface area contributed by atoms with Crippen LogP contribution in [0.5, 0.6) is 0 Å². The van der Waals surface area contributed by atoms with Crippen LogP contribution >= 0.6 is 0 Å². The first-order chi connectivity index (χ1) is 13.3. The van der Waals surface area contributed by atoms with Gasteiger partial charge in [0, 0.05) is 24.0 Å². The molecule has 0 fully saturated rings. The Bertz CT molecular complexity index is 1020. The number of aromatic nitrogens is 6. The highest BCUT2D eigenvalue weighted by atomic mass is 16.6. The molecule has 3 aromatic rings. The molecule has 3 rings (SSSR count). The summed E-state index contributed by atoms with van der Waals surface area (Å²) in [7, 11) is 0. The third-order valence-electron chi connectivity index (χ3n) is 4.60. The zero-order chi connectivity index (χ0) is 20.4. The van der Waals surface area contributed by atoms with E-state index in [4.69, 9.17) is 0 Å². The van der Waals surface area contributed by atoms with E-state index in [1.165, 1.54) is 17.8 Å². The van der Waals surface area contributed by atoms with Crippen LogP contribution in [0.4, 0.5) is 11.4 Å². The maximum Gasteiger partial charge on any atom is 0.309 e. The molecular weight excluding hydrogens is 364 g/mol. The quantitative estimate of drug-likeness (QED) is 0.489. The van der Waals surface area contributed by atoms with Gasteiger partial charge in [-0.25, -0.2) is 0 Å². The molecule has 3 heterocycles. The first-order valence-corrected chi connectivity index (χ1v) is 8.84. The van der Waals surface area contributed by atoms with Crippen molar-refractivity contribution in [2.45, 2.75) is 46.8 Å². The molecule has 0 aliphatic carbocycles. The van der Waals surface area contributed by atoms with Gasteiger partial charge in [0.1, 0.15) is 17.9 Å². The van der Waals surface area contributed by atoms with Gasteiger partial charge in [0.05, 0.1) is 29.5 Å². The summed E-state index contributed by atoms with van der Waals surface area (Å²) in [6.07, 6.45) is 6.36. The zero-order valence-corrected chi connectivity index (χ0v) is 16.2. The summed E-state index contributed by atoms with van der Waals surface area (Å²) in [6.45, 7) is 8.54. The standard InChI is InChI=1S/C17H22N8O3/c1-5-23-12(3)14(6-19-23)8-22-9-15(7-18-22)20-17(26)13(4)24-10-16(25(27)28)11(2)21-24/h6-7,9-10,13H,5,8H2,1-4H3,(H,20,26). The molecule has 148 valence electrons. The Labute approximate surface area is 161 Å². The topological polar surface area (TPSA) is 126 Å². The van der Waals surface area contributed by atoms with Gasteiger partial charge >= 0.3 is 5.69 Å². The second kappa shape index (κ2) is 7.62. The molecule has 0 aliphatic heterocycles. The molecule has 0 saturated heterocycles. The number of amides is 1. The fraction of sp³-hybridized carbons (Fsp3) is 0.412.